The molecule has 1 aliphatic rings. The Morgan fingerprint density at radius 2 is 1.82 bits per heavy atom. The van der Waals surface area contributed by atoms with Crippen LogP contribution in [0.15, 0.2) is 24.4 Å². The predicted molar refractivity (Wildman–Crippen MR) is 131 cm³/mol. The first kappa shape index (κ1) is 25.4. The number of aryl methyl sites for hydroxylation is 1. The Kier molecular flexibility index (Phi) is 7.74. The minimum absolute atomic E-state index is 0.0749. The smallest absolute Gasteiger partial charge is 0.410 e. The fourth-order valence-corrected chi connectivity index (χ4v) is 4.42. The zero-order valence-corrected chi connectivity index (χ0v) is 20.8. The van der Waals surface area contributed by atoms with Crippen molar-refractivity contribution < 1.29 is 23.9 Å². The van der Waals surface area contributed by atoms with Gasteiger partial charge in [-0.2, -0.15) is 0 Å². The number of hydrogen-bond acceptors (Lipinski definition) is 5. The minimum Gasteiger partial charge on any atom is -0.466 e. The standard InChI is InChI=1S/C25H36N4O5/c1-6-33-22(30)12-16-29(23(26)31)20-7-8-21-19(17(20)2)11-15-28(21)18-9-13-27(14-10-18)24(32)34-25(3,4)5/h7-8,11,15,18H,6,9-10,12-14,16H2,1-5H3,(H2,26,31). The van der Waals surface area contributed by atoms with Crippen LogP contribution in [0.3, 0.4) is 0 Å². The maximum atomic E-state index is 12.4. The van der Waals surface area contributed by atoms with Gasteiger partial charge in [-0.25, -0.2) is 9.59 Å². The summed E-state index contributed by atoms with van der Waals surface area (Å²) in [5.41, 5.74) is 7.79. The van der Waals surface area contributed by atoms with E-state index in [1.807, 2.05) is 45.9 Å². The molecule has 1 fully saturated rings. The number of nitrogens with zero attached hydrogens (tertiary/aromatic N) is 3. The Morgan fingerprint density at radius 3 is 2.41 bits per heavy atom. The third-order valence-corrected chi connectivity index (χ3v) is 6.05. The Hall–Kier alpha value is -3.23. The van der Waals surface area contributed by atoms with Crippen molar-refractivity contribution >= 4 is 34.7 Å². The minimum atomic E-state index is -0.610. The van der Waals surface area contributed by atoms with Gasteiger partial charge in [0.2, 0.25) is 0 Å². The van der Waals surface area contributed by atoms with Crippen LogP contribution in [0.25, 0.3) is 10.9 Å². The Bertz CT molecular complexity index is 1050. The van der Waals surface area contributed by atoms with E-state index in [1.165, 1.54) is 4.90 Å². The number of ether oxygens (including phenoxy) is 2. The highest BCUT2D eigenvalue weighted by Gasteiger charge is 2.28. The van der Waals surface area contributed by atoms with Crippen molar-refractivity contribution in [3.63, 3.8) is 0 Å². The Balaban J connectivity index is 1.75. The summed E-state index contributed by atoms with van der Waals surface area (Å²) in [4.78, 5) is 39.5. The van der Waals surface area contributed by atoms with Crippen LogP contribution in [0.2, 0.25) is 0 Å². The lowest BCUT2D eigenvalue weighted by molar-refractivity contribution is -0.142. The van der Waals surface area contributed by atoms with Gasteiger partial charge in [0.05, 0.1) is 13.0 Å². The maximum Gasteiger partial charge on any atom is 0.410 e. The van der Waals surface area contributed by atoms with Crippen molar-refractivity contribution in [2.45, 2.75) is 65.5 Å². The molecule has 3 amide bonds. The van der Waals surface area contributed by atoms with E-state index in [9.17, 15) is 14.4 Å². The van der Waals surface area contributed by atoms with E-state index in [2.05, 4.69) is 10.8 Å². The molecule has 186 valence electrons. The molecule has 9 nitrogen and oxygen atoms in total. The molecule has 0 radical (unpaired) electrons. The number of aromatic nitrogens is 1. The largest absolute Gasteiger partial charge is 0.466 e. The number of carbonyl (C=O) groups is 3. The molecule has 0 bridgehead atoms. The van der Waals surface area contributed by atoms with Crippen LogP contribution in [0.4, 0.5) is 15.3 Å². The van der Waals surface area contributed by atoms with Crippen molar-refractivity contribution in [3.05, 3.63) is 30.0 Å². The molecule has 1 aromatic carbocycles. The summed E-state index contributed by atoms with van der Waals surface area (Å²) in [6.45, 7) is 11.0. The van der Waals surface area contributed by atoms with Crippen LogP contribution in [0.5, 0.6) is 0 Å². The summed E-state index contributed by atoms with van der Waals surface area (Å²) in [6.07, 6.45) is 3.53. The molecule has 1 saturated heterocycles. The third kappa shape index (κ3) is 5.81. The van der Waals surface area contributed by atoms with Crippen LogP contribution < -0.4 is 10.6 Å². The molecule has 0 aliphatic carbocycles. The van der Waals surface area contributed by atoms with Crippen LogP contribution in [0, 0.1) is 6.92 Å². The molecular formula is C25H36N4O5. The van der Waals surface area contributed by atoms with Gasteiger partial charge < -0.3 is 24.7 Å². The van der Waals surface area contributed by atoms with Gasteiger partial charge in [-0.05, 0) is 71.2 Å². The zero-order chi connectivity index (χ0) is 25.0. The highest BCUT2D eigenvalue weighted by Crippen LogP contribution is 2.33. The molecule has 0 saturated carbocycles. The van der Waals surface area contributed by atoms with E-state index in [0.717, 1.165) is 29.3 Å². The van der Waals surface area contributed by atoms with Gasteiger partial charge in [0.25, 0.3) is 0 Å². The monoisotopic (exact) mass is 472 g/mol. The van der Waals surface area contributed by atoms with Crippen molar-refractivity contribution in [3.8, 4) is 0 Å². The summed E-state index contributed by atoms with van der Waals surface area (Å²) in [5, 5.41) is 1.02. The van der Waals surface area contributed by atoms with Gasteiger partial charge >= 0.3 is 18.1 Å². The molecule has 0 spiro atoms. The van der Waals surface area contributed by atoms with E-state index >= 15 is 0 Å². The molecule has 3 rings (SSSR count). The third-order valence-electron chi connectivity index (χ3n) is 6.05. The predicted octanol–water partition coefficient (Wildman–Crippen LogP) is 4.36. The Morgan fingerprint density at radius 1 is 1.15 bits per heavy atom. The number of fused-ring (bicyclic) bond motifs is 1. The number of primary amides is 1. The van der Waals surface area contributed by atoms with Crippen LogP contribution >= 0.6 is 0 Å². The first-order chi connectivity index (χ1) is 16.0. The summed E-state index contributed by atoms with van der Waals surface area (Å²) in [6, 6.07) is 5.55. The number of rotatable bonds is 6. The number of urea groups is 1. The van der Waals surface area contributed by atoms with E-state index in [-0.39, 0.29) is 31.1 Å². The molecule has 1 aliphatic heterocycles. The van der Waals surface area contributed by atoms with Crippen molar-refractivity contribution in [1.82, 2.24) is 9.47 Å². The highest BCUT2D eigenvalue weighted by atomic mass is 16.6. The molecule has 34 heavy (non-hydrogen) atoms. The highest BCUT2D eigenvalue weighted by molar-refractivity contribution is 5.97. The number of benzene rings is 1. The van der Waals surface area contributed by atoms with E-state index < -0.39 is 11.6 Å². The van der Waals surface area contributed by atoms with Crippen LogP contribution in [0.1, 0.15) is 58.6 Å². The van der Waals surface area contributed by atoms with Gasteiger partial charge in [0.15, 0.2) is 0 Å². The molecule has 2 aromatic rings. The van der Waals surface area contributed by atoms with Gasteiger partial charge in [0, 0.05) is 48.5 Å². The van der Waals surface area contributed by atoms with Crippen molar-refractivity contribution in [1.29, 1.82) is 0 Å². The summed E-state index contributed by atoms with van der Waals surface area (Å²) < 4.78 is 12.7. The second-order valence-corrected chi connectivity index (χ2v) is 9.61. The normalized spacial score (nSPS) is 14.8. The average molecular weight is 473 g/mol. The number of anilines is 1. The van der Waals surface area contributed by atoms with Gasteiger partial charge in [-0.15, -0.1) is 0 Å². The number of esters is 1. The molecule has 1 aromatic heterocycles. The number of likely N-dealkylation sites (tertiary alicyclic amines) is 1. The average Bonchev–Trinajstić information content (AvgIpc) is 3.19. The first-order valence-corrected chi connectivity index (χ1v) is 11.8. The van der Waals surface area contributed by atoms with E-state index in [1.54, 1.807) is 11.8 Å². The summed E-state index contributed by atoms with van der Waals surface area (Å²) in [5.74, 6) is -0.364. The Labute approximate surface area is 200 Å². The van der Waals surface area contributed by atoms with Gasteiger partial charge in [-0.1, -0.05) is 0 Å². The molecule has 9 heteroatoms. The first-order valence-electron chi connectivity index (χ1n) is 11.8. The second kappa shape index (κ2) is 10.4. The van der Waals surface area contributed by atoms with Crippen LogP contribution in [-0.4, -0.2) is 59.4 Å². The van der Waals surface area contributed by atoms with E-state index in [0.29, 0.717) is 25.4 Å². The topological polar surface area (TPSA) is 107 Å². The number of piperidine rings is 1. The number of nitrogens with two attached hydrogens (primary N) is 1. The van der Waals surface area contributed by atoms with Crippen molar-refractivity contribution in [2.24, 2.45) is 5.73 Å². The van der Waals surface area contributed by atoms with E-state index in [4.69, 9.17) is 15.2 Å². The summed E-state index contributed by atoms with van der Waals surface area (Å²) >= 11 is 0. The fraction of sp³-hybridized carbons (Fsp3) is 0.560. The quantitative estimate of drug-likeness (QED) is 0.629. The fourth-order valence-electron chi connectivity index (χ4n) is 4.42. The molecule has 0 unspecified atom stereocenters. The number of hydrogen-bond donors (Lipinski definition) is 1. The molecular weight excluding hydrogens is 436 g/mol. The molecule has 0 atom stereocenters. The zero-order valence-electron chi connectivity index (χ0n) is 20.8. The SMILES string of the molecule is CCOC(=O)CCN(C(N)=O)c1ccc2c(ccn2C2CCN(C(=O)OC(C)(C)C)CC2)c1C. The number of carbonyl (C=O) groups excluding carboxylic acids is 3. The van der Waals surface area contributed by atoms with Gasteiger partial charge in [0.1, 0.15) is 5.60 Å². The maximum absolute atomic E-state index is 12.4. The van der Waals surface area contributed by atoms with Crippen molar-refractivity contribution in [2.75, 3.05) is 31.1 Å². The van der Waals surface area contributed by atoms with Gasteiger partial charge in [-0.3, -0.25) is 9.69 Å². The lowest BCUT2D eigenvalue weighted by Crippen LogP contribution is -2.42. The molecule has 2 N–H and O–H groups in total. The van der Waals surface area contributed by atoms with Crippen LogP contribution in [-0.2, 0) is 14.3 Å². The lowest BCUT2D eigenvalue weighted by Gasteiger charge is -2.34. The number of amides is 3. The molecule has 2 heterocycles. The lowest BCUT2D eigenvalue weighted by atomic mass is 10.0. The second-order valence-electron chi connectivity index (χ2n) is 9.61. The summed E-state index contributed by atoms with van der Waals surface area (Å²) in [7, 11) is 0.